The number of aliphatic hydroxyl groups is 3. The highest BCUT2D eigenvalue weighted by atomic mass is 16.3. The van der Waals surface area contributed by atoms with Crippen molar-refractivity contribution in [1.82, 2.24) is 20.9 Å². The van der Waals surface area contributed by atoms with Gasteiger partial charge in [-0.15, -0.1) is 0 Å². The van der Waals surface area contributed by atoms with Crippen LogP contribution in [0.2, 0.25) is 0 Å². The standard InChI is InChI=1S/C42H60N4O3/c47-28-40(37-10-13-43-22-37)19-31-4-1-7-34(16-31)25-46(26-35-8-2-5-32(17-35)20-41(29-48)38-11-14-44-23-38)27-36-9-3-6-33(18-36)21-42(30-49)39-12-15-45-24-39/h1-9,16-18,37-45,47-49H,10-15,19-30H2. The van der Waals surface area contributed by atoms with E-state index in [0.717, 1.165) is 97.4 Å². The molecule has 3 heterocycles. The van der Waals surface area contributed by atoms with Crippen LogP contribution in [0.1, 0.15) is 52.6 Å². The molecule has 3 saturated heterocycles. The number of aliphatic hydroxyl groups excluding tert-OH is 3. The summed E-state index contributed by atoms with van der Waals surface area (Å²) in [7, 11) is 0. The van der Waals surface area contributed by atoms with E-state index < -0.39 is 0 Å². The molecule has 0 radical (unpaired) electrons. The van der Waals surface area contributed by atoms with E-state index in [4.69, 9.17) is 0 Å². The van der Waals surface area contributed by atoms with Gasteiger partial charge in [-0.2, -0.15) is 0 Å². The average Bonchev–Trinajstić information content (AvgIpc) is 3.94. The number of benzene rings is 3. The summed E-state index contributed by atoms with van der Waals surface area (Å²) < 4.78 is 0. The molecule has 6 rings (SSSR count). The van der Waals surface area contributed by atoms with Gasteiger partial charge < -0.3 is 31.3 Å². The maximum atomic E-state index is 10.2. The second-order valence-electron chi connectivity index (χ2n) is 15.3. The molecule has 6 N–H and O–H groups in total. The molecule has 266 valence electrons. The summed E-state index contributed by atoms with van der Waals surface area (Å²) in [5.41, 5.74) is 7.82. The normalized spacial score (nSPS) is 22.9. The van der Waals surface area contributed by atoms with Crippen LogP contribution in [-0.2, 0) is 38.9 Å². The lowest BCUT2D eigenvalue weighted by Crippen LogP contribution is -2.25. The summed E-state index contributed by atoms with van der Waals surface area (Å²) in [5.74, 6) is 2.48. The van der Waals surface area contributed by atoms with Gasteiger partial charge in [0.1, 0.15) is 0 Å². The molecule has 3 aliphatic rings. The van der Waals surface area contributed by atoms with Gasteiger partial charge in [0, 0.05) is 39.5 Å². The van der Waals surface area contributed by atoms with Gasteiger partial charge >= 0.3 is 0 Å². The Morgan fingerprint density at radius 2 is 0.796 bits per heavy atom. The van der Waals surface area contributed by atoms with Gasteiger partial charge in [-0.3, -0.25) is 4.90 Å². The quantitative estimate of drug-likeness (QED) is 0.121. The predicted molar refractivity (Wildman–Crippen MR) is 198 cm³/mol. The van der Waals surface area contributed by atoms with Gasteiger partial charge in [0.2, 0.25) is 0 Å². The van der Waals surface area contributed by atoms with Crippen LogP contribution in [0.3, 0.4) is 0 Å². The molecule has 0 aromatic heterocycles. The number of nitrogens with one attached hydrogen (secondary N) is 3. The molecule has 0 spiro atoms. The molecular weight excluding hydrogens is 608 g/mol. The lowest BCUT2D eigenvalue weighted by molar-refractivity contribution is 0.181. The lowest BCUT2D eigenvalue weighted by atomic mass is 9.86. The Labute approximate surface area is 294 Å². The molecule has 6 atom stereocenters. The first-order valence-corrected chi connectivity index (χ1v) is 19.0. The average molecular weight is 669 g/mol. The van der Waals surface area contributed by atoms with Crippen molar-refractivity contribution < 1.29 is 15.3 Å². The lowest BCUT2D eigenvalue weighted by Gasteiger charge is -2.25. The van der Waals surface area contributed by atoms with E-state index in [0.29, 0.717) is 17.8 Å². The van der Waals surface area contributed by atoms with Crippen molar-refractivity contribution in [3.8, 4) is 0 Å². The molecule has 7 heteroatoms. The van der Waals surface area contributed by atoms with Crippen molar-refractivity contribution in [3.05, 3.63) is 106 Å². The van der Waals surface area contributed by atoms with Gasteiger partial charge in [-0.25, -0.2) is 0 Å². The van der Waals surface area contributed by atoms with Crippen LogP contribution in [0.4, 0.5) is 0 Å². The molecule has 49 heavy (non-hydrogen) atoms. The minimum absolute atomic E-state index is 0.234. The molecule has 3 aliphatic heterocycles. The van der Waals surface area contributed by atoms with Gasteiger partial charge in [-0.05, 0) is 147 Å². The van der Waals surface area contributed by atoms with Crippen molar-refractivity contribution in [2.24, 2.45) is 35.5 Å². The fourth-order valence-electron chi connectivity index (χ4n) is 8.79. The molecule has 0 aliphatic carbocycles. The molecule has 6 unspecified atom stereocenters. The highest BCUT2D eigenvalue weighted by Gasteiger charge is 2.27. The third-order valence-corrected chi connectivity index (χ3v) is 11.7. The van der Waals surface area contributed by atoms with Crippen molar-refractivity contribution in [2.75, 3.05) is 59.1 Å². The van der Waals surface area contributed by atoms with E-state index >= 15 is 0 Å². The van der Waals surface area contributed by atoms with E-state index in [-0.39, 0.29) is 37.6 Å². The number of rotatable bonds is 18. The molecule has 0 bridgehead atoms. The Bertz CT molecular complexity index is 1250. The first-order valence-electron chi connectivity index (χ1n) is 19.0. The van der Waals surface area contributed by atoms with Gasteiger partial charge in [0.25, 0.3) is 0 Å². The SMILES string of the molecule is OCC(Cc1cccc(CN(Cc2cccc(CC(CO)C3CCNC3)c2)Cc2cccc(CC(CO)C3CCNC3)c2)c1)C1CCNC1. The smallest absolute Gasteiger partial charge is 0.0465 e. The summed E-state index contributed by atoms with van der Waals surface area (Å²) in [6, 6.07) is 27.0. The highest BCUT2D eigenvalue weighted by molar-refractivity contribution is 5.28. The Morgan fingerprint density at radius 3 is 1.06 bits per heavy atom. The molecule has 7 nitrogen and oxygen atoms in total. The van der Waals surface area contributed by atoms with Crippen molar-refractivity contribution >= 4 is 0 Å². The zero-order chi connectivity index (χ0) is 33.8. The summed E-state index contributed by atoms with van der Waals surface area (Å²) >= 11 is 0. The summed E-state index contributed by atoms with van der Waals surface area (Å²) in [6.07, 6.45) is 6.15. The highest BCUT2D eigenvalue weighted by Crippen LogP contribution is 2.27. The first kappa shape index (κ1) is 36.2. The Balaban J connectivity index is 1.19. The third-order valence-electron chi connectivity index (χ3n) is 11.7. The van der Waals surface area contributed by atoms with E-state index in [1.165, 1.54) is 33.4 Å². The first-order chi connectivity index (χ1) is 24.1. The summed E-state index contributed by atoms with van der Waals surface area (Å²) in [5, 5.41) is 41.1. The third kappa shape index (κ3) is 10.5. The number of hydrogen-bond donors (Lipinski definition) is 6. The Morgan fingerprint density at radius 1 is 0.490 bits per heavy atom. The summed E-state index contributed by atoms with van der Waals surface area (Å²) in [4.78, 5) is 2.55. The molecule has 3 aromatic carbocycles. The fourth-order valence-corrected chi connectivity index (χ4v) is 8.79. The molecule has 3 aromatic rings. The van der Waals surface area contributed by atoms with Crippen LogP contribution < -0.4 is 16.0 Å². The maximum absolute atomic E-state index is 10.2. The summed E-state index contributed by atoms with van der Waals surface area (Å²) in [6.45, 7) is 9.36. The minimum Gasteiger partial charge on any atom is -0.396 e. The zero-order valence-electron chi connectivity index (χ0n) is 29.4. The second-order valence-corrected chi connectivity index (χ2v) is 15.3. The van der Waals surface area contributed by atoms with Gasteiger partial charge in [0.05, 0.1) is 0 Å². The Kier molecular flexibility index (Phi) is 13.7. The zero-order valence-corrected chi connectivity index (χ0v) is 29.4. The van der Waals surface area contributed by atoms with Crippen LogP contribution in [0.25, 0.3) is 0 Å². The molecule has 3 fully saturated rings. The van der Waals surface area contributed by atoms with Crippen LogP contribution in [0.5, 0.6) is 0 Å². The topological polar surface area (TPSA) is 100 Å². The van der Waals surface area contributed by atoms with E-state index in [2.05, 4.69) is 93.6 Å². The van der Waals surface area contributed by atoms with E-state index in [9.17, 15) is 15.3 Å². The van der Waals surface area contributed by atoms with Crippen molar-refractivity contribution in [2.45, 2.75) is 58.2 Å². The van der Waals surface area contributed by atoms with Crippen LogP contribution in [0.15, 0.2) is 72.8 Å². The van der Waals surface area contributed by atoms with Crippen molar-refractivity contribution in [1.29, 1.82) is 0 Å². The number of hydrogen-bond acceptors (Lipinski definition) is 7. The molecule has 0 amide bonds. The van der Waals surface area contributed by atoms with Crippen LogP contribution >= 0.6 is 0 Å². The molecular formula is C42H60N4O3. The van der Waals surface area contributed by atoms with Gasteiger partial charge in [0.15, 0.2) is 0 Å². The van der Waals surface area contributed by atoms with Gasteiger partial charge in [-0.1, -0.05) is 72.8 Å². The second kappa shape index (κ2) is 18.6. The predicted octanol–water partition coefficient (Wildman–Crippen LogP) is 4.17. The fraction of sp³-hybridized carbons (Fsp3) is 0.571. The Hall–Kier alpha value is -2.62. The largest absolute Gasteiger partial charge is 0.396 e. The monoisotopic (exact) mass is 668 g/mol. The van der Waals surface area contributed by atoms with E-state index in [1.54, 1.807) is 0 Å². The van der Waals surface area contributed by atoms with E-state index in [1.807, 2.05) is 0 Å². The number of nitrogens with zero attached hydrogens (tertiary/aromatic N) is 1. The van der Waals surface area contributed by atoms with Crippen LogP contribution in [0, 0.1) is 35.5 Å². The minimum atomic E-state index is 0.234. The van der Waals surface area contributed by atoms with Crippen LogP contribution in [-0.4, -0.2) is 79.3 Å². The molecule has 0 saturated carbocycles. The van der Waals surface area contributed by atoms with Crippen molar-refractivity contribution in [3.63, 3.8) is 0 Å². The maximum Gasteiger partial charge on any atom is 0.0465 e.